The number of imidazole rings is 1. The van der Waals surface area contributed by atoms with Gasteiger partial charge in [0, 0.05) is 30.4 Å². The van der Waals surface area contributed by atoms with Crippen molar-refractivity contribution in [3.8, 4) is 0 Å². The second-order valence-corrected chi connectivity index (χ2v) is 8.85. The molecule has 1 aromatic carbocycles. The SMILES string of the molecule is CCCCCCCCCCOCC(Cn1ccnc1)Sc1ccccc1.O=C(O)C(=O)O. The van der Waals surface area contributed by atoms with Gasteiger partial charge in [-0.05, 0) is 18.6 Å². The molecule has 1 aromatic heterocycles. The molecule has 0 bridgehead atoms. The van der Waals surface area contributed by atoms with Gasteiger partial charge in [0.25, 0.3) is 0 Å². The predicted molar refractivity (Wildman–Crippen MR) is 127 cm³/mol. The van der Waals surface area contributed by atoms with E-state index in [4.69, 9.17) is 24.5 Å². The zero-order chi connectivity index (χ0) is 23.4. The third-order valence-corrected chi connectivity index (χ3v) is 5.81. The minimum atomic E-state index is -1.82. The third-order valence-electron chi connectivity index (χ3n) is 4.65. The van der Waals surface area contributed by atoms with Crippen molar-refractivity contribution >= 4 is 23.7 Å². The number of benzene rings is 1. The van der Waals surface area contributed by atoms with E-state index in [1.807, 2.05) is 30.5 Å². The van der Waals surface area contributed by atoms with E-state index in [-0.39, 0.29) is 0 Å². The number of hydrogen-bond acceptors (Lipinski definition) is 5. The van der Waals surface area contributed by atoms with Crippen molar-refractivity contribution in [2.45, 2.75) is 75.0 Å². The molecule has 0 amide bonds. The van der Waals surface area contributed by atoms with Crippen LogP contribution in [0, 0.1) is 0 Å². The standard InChI is InChI=1S/C22H34N2OS.C2H2O4/c1-2-3-4-5-6-7-8-12-17-25-19-22(18-24-16-15-23-20-24)26-21-13-10-9-11-14-21;3-1(4)2(5)6/h9-11,13-16,20,22H,2-8,12,17-19H2,1H3;(H,3,4)(H,5,6). The molecule has 0 aliphatic carbocycles. The first kappa shape index (κ1) is 27.7. The molecule has 0 saturated heterocycles. The van der Waals surface area contributed by atoms with Crippen LogP contribution in [0.1, 0.15) is 58.3 Å². The second kappa shape index (κ2) is 18.3. The molecular formula is C24H36N2O5S. The molecule has 1 heterocycles. The summed E-state index contributed by atoms with van der Waals surface area (Å²) >= 11 is 1.89. The van der Waals surface area contributed by atoms with E-state index < -0.39 is 11.9 Å². The zero-order valence-corrected chi connectivity index (χ0v) is 19.7. The molecule has 178 valence electrons. The third kappa shape index (κ3) is 14.6. The van der Waals surface area contributed by atoms with Crippen LogP contribution in [0.5, 0.6) is 0 Å². The van der Waals surface area contributed by atoms with Gasteiger partial charge in [0.1, 0.15) is 0 Å². The number of carboxylic acid groups (broad SMARTS) is 2. The van der Waals surface area contributed by atoms with Crippen LogP contribution in [-0.2, 0) is 20.9 Å². The van der Waals surface area contributed by atoms with Crippen molar-refractivity contribution in [3.05, 3.63) is 49.1 Å². The van der Waals surface area contributed by atoms with Crippen molar-refractivity contribution in [1.29, 1.82) is 0 Å². The van der Waals surface area contributed by atoms with Crippen molar-refractivity contribution in [1.82, 2.24) is 9.55 Å². The number of carboxylic acids is 2. The number of nitrogens with zero attached hydrogens (tertiary/aromatic N) is 2. The average molecular weight is 465 g/mol. The Bertz CT molecular complexity index is 713. The molecule has 2 aromatic rings. The van der Waals surface area contributed by atoms with Crippen molar-refractivity contribution in [2.24, 2.45) is 0 Å². The summed E-state index contributed by atoms with van der Waals surface area (Å²) in [5, 5.41) is 15.2. The molecule has 1 unspecified atom stereocenters. The van der Waals surface area contributed by atoms with Crippen LogP contribution in [0.15, 0.2) is 53.9 Å². The lowest BCUT2D eigenvalue weighted by atomic mass is 10.1. The topological polar surface area (TPSA) is 102 Å². The summed E-state index contributed by atoms with van der Waals surface area (Å²) in [6, 6.07) is 10.6. The number of carbonyl (C=O) groups is 2. The zero-order valence-electron chi connectivity index (χ0n) is 18.9. The maximum absolute atomic E-state index is 9.10. The van der Waals surface area contributed by atoms with E-state index in [0.29, 0.717) is 5.25 Å². The van der Waals surface area contributed by atoms with E-state index in [9.17, 15) is 0 Å². The van der Waals surface area contributed by atoms with E-state index in [0.717, 1.165) is 19.8 Å². The van der Waals surface area contributed by atoms with Crippen LogP contribution in [0.2, 0.25) is 0 Å². The summed E-state index contributed by atoms with van der Waals surface area (Å²) in [5.41, 5.74) is 0. The smallest absolute Gasteiger partial charge is 0.414 e. The number of thioether (sulfide) groups is 1. The van der Waals surface area contributed by atoms with Crippen LogP contribution in [-0.4, -0.2) is 50.2 Å². The van der Waals surface area contributed by atoms with Gasteiger partial charge in [-0.3, -0.25) is 0 Å². The van der Waals surface area contributed by atoms with Gasteiger partial charge in [0.2, 0.25) is 0 Å². The van der Waals surface area contributed by atoms with Crippen LogP contribution in [0.3, 0.4) is 0 Å². The number of rotatable bonds is 15. The van der Waals surface area contributed by atoms with Gasteiger partial charge in [-0.15, -0.1) is 11.8 Å². The molecule has 2 rings (SSSR count). The first-order valence-corrected chi connectivity index (χ1v) is 12.1. The second-order valence-electron chi connectivity index (χ2n) is 7.47. The molecule has 0 radical (unpaired) electrons. The summed E-state index contributed by atoms with van der Waals surface area (Å²) in [6.07, 6.45) is 16.5. The highest BCUT2D eigenvalue weighted by Crippen LogP contribution is 2.24. The predicted octanol–water partition coefficient (Wildman–Crippen LogP) is 5.36. The summed E-state index contributed by atoms with van der Waals surface area (Å²) in [5.74, 6) is -3.65. The van der Waals surface area contributed by atoms with E-state index in [1.165, 1.54) is 56.3 Å². The molecule has 0 saturated carbocycles. The number of aliphatic carboxylic acids is 2. The minimum Gasteiger partial charge on any atom is -0.473 e. The van der Waals surface area contributed by atoms with Crippen LogP contribution in [0.25, 0.3) is 0 Å². The van der Waals surface area contributed by atoms with Crippen LogP contribution in [0.4, 0.5) is 0 Å². The largest absolute Gasteiger partial charge is 0.473 e. The first-order valence-electron chi connectivity index (χ1n) is 11.2. The van der Waals surface area contributed by atoms with Crippen LogP contribution >= 0.6 is 11.8 Å². The Labute approximate surface area is 195 Å². The Morgan fingerprint density at radius 1 is 1.00 bits per heavy atom. The summed E-state index contributed by atoms with van der Waals surface area (Å²) in [6.45, 7) is 4.86. The Morgan fingerprint density at radius 2 is 1.62 bits per heavy atom. The van der Waals surface area contributed by atoms with Crippen LogP contribution < -0.4 is 0 Å². The van der Waals surface area contributed by atoms with Crippen molar-refractivity contribution in [2.75, 3.05) is 13.2 Å². The van der Waals surface area contributed by atoms with Crippen molar-refractivity contribution < 1.29 is 24.5 Å². The highest BCUT2D eigenvalue weighted by molar-refractivity contribution is 8.00. The summed E-state index contributed by atoms with van der Waals surface area (Å²) in [7, 11) is 0. The molecule has 7 nitrogen and oxygen atoms in total. The molecule has 0 fully saturated rings. The lowest BCUT2D eigenvalue weighted by Crippen LogP contribution is -2.19. The maximum atomic E-state index is 9.10. The van der Waals surface area contributed by atoms with Gasteiger partial charge in [-0.1, -0.05) is 70.1 Å². The van der Waals surface area contributed by atoms with E-state index in [1.54, 1.807) is 0 Å². The summed E-state index contributed by atoms with van der Waals surface area (Å²) in [4.78, 5) is 23.7. The lowest BCUT2D eigenvalue weighted by molar-refractivity contribution is -0.159. The van der Waals surface area contributed by atoms with Gasteiger partial charge in [0.05, 0.1) is 18.2 Å². The van der Waals surface area contributed by atoms with Gasteiger partial charge in [-0.25, -0.2) is 14.6 Å². The van der Waals surface area contributed by atoms with Gasteiger partial charge >= 0.3 is 11.9 Å². The Balaban J connectivity index is 0.000000751. The Kier molecular flexibility index (Phi) is 15.8. The van der Waals surface area contributed by atoms with Crippen molar-refractivity contribution in [3.63, 3.8) is 0 Å². The van der Waals surface area contributed by atoms with E-state index in [2.05, 4.69) is 46.8 Å². The first-order chi connectivity index (χ1) is 15.5. The molecule has 32 heavy (non-hydrogen) atoms. The lowest BCUT2D eigenvalue weighted by Gasteiger charge is -2.17. The maximum Gasteiger partial charge on any atom is 0.414 e. The quantitative estimate of drug-likeness (QED) is 0.208. The molecule has 2 N–H and O–H groups in total. The monoisotopic (exact) mass is 464 g/mol. The van der Waals surface area contributed by atoms with Gasteiger partial charge in [0.15, 0.2) is 0 Å². The molecule has 1 atom stereocenters. The Hall–Kier alpha value is -2.32. The number of ether oxygens (including phenoxy) is 1. The highest BCUT2D eigenvalue weighted by atomic mass is 32.2. The number of hydrogen-bond donors (Lipinski definition) is 2. The fourth-order valence-electron chi connectivity index (χ4n) is 3.00. The van der Waals surface area contributed by atoms with E-state index >= 15 is 0 Å². The Morgan fingerprint density at radius 3 is 2.19 bits per heavy atom. The molecule has 0 aliphatic rings. The normalized spacial score (nSPS) is 11.4. The van der Waals surface area contributed by atoms with Gasteiger partial charge in [-0.2, -0.15) is 0 Å². The number of aromatic nitrogens is 2. The molecular weight excluding hydrogens is 428 g/mol. The fraction of sp³-hybridized carbons (Fsp3) is 0.542. The molecule has 0 spiro atoms. The highest BCUT2D eigenvalue weighted by Gasteiger charge is 2.12. The fourth-order valence-corrected chi connectivity index (χ4v) is 4.11. The molecule has 8 heteroatoms. The summed E-state index contributed by atoms with van der Waals surface area (Å²) < 4.78 is 8.15. The number of unbranched alkanes of at least 4 members (excludes halogenated alkanes) is 7. The average Bonchev–Trinajstić information content (AvgIpc) is 3.29. The minimum absolute atomic E-state index is 0.403. The van der Waals surface area contributed by atoms with Gasteiger partial charge < -0.3 is 19.5 Å². The molecule has 0 aliphatic heterocycles.